The van der Waals surface area contributed by atoms with Gasteiger partial charge < -0.3 is 0 Å². The molecule has 66 valence electrons. The van der Waals surface area contributed by atoms with Gasteiger partial charge in [-0.15, -0.1) is 0 Å². The molecular formula is C12H18. The number of rotatable bonds is 2. The Morgan fingerprint density at radius 2 is 2.33 bits per heavy atom. The van der Waals surface area contributed by atoms with Gasteiger partial charge in [0.05, 0.1) is 0 Å². The number of allylic oxidation sites excluding steroid dienone is 6. The lowest BCUT2D eigenvalue weighted by atomic mass is 9.95. The first-order chi connectivity index (χ1) is 5.83. The summed E-state index contributed by atoms with van der Waals surface area (Å²) in [6, 6.07) is 0. The summed E-state index contributed by atoms with van der Waals surface area (Å²) in [7, 11) is 0. The van der Waals surface area contributed by atoms with E-state index >= 15 is 0 Å². The first kappa shape index (κ1) is 9.31. The lowest BCUT2D eigenvalue weighted by Gasteiger charge is -2.11. The van der Waals surface area contributed by atoms with Gasteiger partial charge in [0.2, 0.25) is 0 Å². The van der Waals surface area contributed by atoms with Crippen LogP contribution in [0.5, 0.6) is 0 Å². The van der Waals surface area contributed by atoms with Crippen molar-refractivity contribution in [3.8, 4) is 0 Å². The summed E-state index contributed by atoms with van der Waals surface area (Å²) >= 11 is 0. The molecule has 0 N–H and O–H groups in total. The van der Waals surface area contributed by atoms with Crippen LogP contribution in [-0.4, -0.2) is 0 Å². The molecule has 0 bridgehead atoms. The molecule has 0 saturated heterocycles. The van der Waals surface area contributed by atoms with E-state index in [9.17, 15) is 0 Å². The zero-order valence-electron chi connectivity index (χ0n) is 8.09. The smallest absolute Gasteiger partial charge is 0.00502 e. The van der Waals surface area contributed by atoms with Crippen LogP contribution in [0.2, 0.25) is 0 Å². The quantitative estimate of drug-likeness (QED) is 0.427. The monoisotopic (exact) mass is 162 g/mol. The Balaban J connectivity index is 2.44. The maximum Gasteiger partial charge on any atom is -0.00502 e. The van der Waals surface area contributed by atoms with Gasteiger partial charge in [-0.05, 0) is 39.0 Å². The van der Waals surface area contributed by atoms with E-state index < -0.39 is 0 Å². The predicted molar refractivity (Wildman–Crippen MR) is 55.1 cm³/mol. The predicted octanol–water partition coefficient (Wildman–Crippen LogP) is 3.87. The summed E-state index contributed by atoms with van der Waals surface area (Å²) < 4.78 is 0. The highest BCUT2D eigenvalue weighted by Gasteiger charge is 2.02. The highest BCUT2D eigenvalue weighted by Crippen LogP contribution is 2.18. The Bertz CT molecular complexity index is 206. The van der Waals surface area contributed by atoms with Gasteiger partial charge in [-0.1, -0.05) is 36.0 Å². The molecule has 12 heavy (non-hydrogen) atoms. The Kier molecular flexibility index (Phi) is 3.86. The van der Waals surface area contributed by atoms with Crippen LogP contribution < -0.4 is 0 Å². The van der Waals surface area contributed by atoms with Gasteiger partial charge in [-0.3, -0.25) is 0 Å². The Hall–Kier alpha value is -0.780. The third kappa shape index (κ3) is 3.08. The van der Waals surface area contributed by atoms with Gasteiger partial charge in [0.1, 0.15) is 0 Å². The van der Waals surface area contributed by atoms with E-state index in [2.05, 4.69) is 44.2 Å². The molecule has 0 aromatic carbocycles. The Labute approximate surface area is 75.7 Å². The second-order valence-electron chi connectivity index (χ2n) is 3.41. The van der Waals surface area contributed by atoms with Crippen LogP contribution >= 0.6 is 0 Å². The highest BCUT2D eigenvalue weighted by atomic mass is 14.1. The Morgan fingerprint density at radius 1 is 1.50 bits per heavy atom. The summed E-state index contributed by atoms with van der Waals surface area (Å²) in [5, 5.41) is 0. The summed E-state index contributed by atoms with van der Waals surface area (Å²) in [5.74, 6) is 0.689. The summed E-state index contributed by atoms with van der Waals surface area (Å²) in [5.41, 5.74) is 1.36. The van der Waals surface area contributed by atoms with Crippen molar-refractivity contribution in [3.05, 3.63) is 36.0 Å². The van der Waals surface area contributed by atoms with Gasteiger partial charge in [-0.25, -0.2) is 0 Å². The van der Waals surface area contributed by atoms with Crippen molar-refractivity contribution in [1.29, 1.82) is 0 Å². The fraction of sp³-hybridized carbons (Fsp3) is 0.500. The van der Waals surface area contributed by atoms with Crippen LogP contribution in [-0.2, 0) is 0 Å². The molecule has 0 spiro atoms. The van der Waals surface area contributed by atoms with Crippen LogP contribution in [0.4, 0.5) is 0 Å². The van der Waals surface area contributed by atoms with E-state index in [1.54, 1.807) is 0 Å². The maximum atomic E-state index is 2.32. The Morgan fingerprint density at radius 3 is 2.92 bits per heavy atom. The second-order valence-corrected chi connectivity index (χ2v) is 3.41. The molecule has 0 radical (unpaired) electrons. The van der Waals surface area contributed by atoms with Crippen LogP contribution in [0.1, 0.15) is 33.1 Å². The van der Waals surface area contributed by atoms with Crippen molar-refractivity contribution >= 4 is 0 Å². The van der Waals surface area contributed by atoms with Crippen LogP contribution in [0.15, 0.2) is 36.0 Å². The first-order valence-corrected chi connectivity index (χ1v) is 4.80. The second kappa shape index (κ2) is 4.97. The molecule has 0 aromatic heterocycles. The minimum atomic E-state index is 0.689. The normalized spacial score (nSPS) is 25.2. The molecule has 0 saturated carbocycles. The molecular weight excluding hydrogens is 144 g/mol. The topological polar surface area (TPSA) is 0 Å². The average molecular weight is 162 g/mol. The summed E-state index contributed by atoms with van der Waals surface area (Å²) in [6.45, 7) is 4.22. The molecule has 0 heterocycles. The van der Waals surface area contributed by atoms with Crippen LogP contribution in [0.3, 0.4) is 0 Å². The zero-order valence-corrected chi connectivity index (χ0v) is 8.09. The number of hydrogen-bond acceptors (Lipinski definition) is 0. The fourth-order valence-electron chi connectivity index (χ4n) is 1.37. The zero-order chi connectivity index (χ0) is 8.81. The molecule has 1 aliphatic carbocycles. The molecule has 1 atom stereocenters. The summed E-state index contributed by atoms with van der Waals surface area (Å²) in [4.78, 5) is 0. The molecule has 1 rings (SSSR count). The maximum absolute atomic E-state index is 2.32. The van der Waals surface area contributed by atoms with E-state index in [-0.39, 0.29) is 0 Å². The van der Waals surface area contributed by atoms with Gasteiger partial charge in [0.25, 0.3) is 0 Å². The van der Waals surface area contributed by atoms with Crippen molar-refractivity contribution in [3.63, 3.8) is 0 Å². The lowest BCUT2D eigenvalue weighted by molar-refractivity contribution is 0.630. The first-order valence-electron chi connectivity index (χ1n) is 4.80. The third-order valence-corrected chi connectivity index (χ3v) is 2.35. The fourth-order valence-corrected chi connectivity index (χ4v) is 1.37. The molecule has 0 aliphatic heterocycles. The molecule has 1 unspecified atom stereocenters. The largest absolute Gasteiger partial charge is 0.0879 e. The molecule has 0 heteroatoms. The van der Waals surface area contributed by atoms with E-state index in [0.717, 1.165) is 0 Å². The minimum Gasteiger partial charge on any atom is -0.0879 e. The van der Waals surface area contributed by atoms with Gasteiger partial charge in [0.15, 0.2) is 0 Å². The van der Waals surface area contributed by atoms with E-state index in [4.69, 9.17) is 0 Å². The molecule has 1 aliphatic rings. The minimum absolute atomic E-state index is 0.689. The van der Waals surface area contributed by atoms with E-state index in [1.807, 2.05) is 0 Å². The van der Waals surface area contributed by atoms with Gasteiger partial charge >= 0.3 is 0 Å². The standard InChI is InChI=1S/C12H18/c1-3-11(2)9-10-12-7-5-4-6-8-12/h3,5,7,9-10,12H,4,6,8H2,1-2H3/b10-9+,11-3+. The average Bonchev–Trinajstić information content (AvgIpc) is 2.16. The van der Waals surface area contributed by atoms with Gasteiger partial charge in [-0.2, -0.15) is 0 Å². The van der Waals surface area contributed by atoms with Crippen LogP contribution in [0.25, 0.3) is 0 Å². The number of hydrogen-bond donors (Lipinski definition) is 0. The highest BCUT2D eigenvalue weighted by molar-refractivity contribution is 5.17. The molecule has 0 aromatic rings. The summed E-state index contributed by atoms with van der Waals surface area (Å²) in [6.07, 6.45) is 15.2. The van der Waals surface area contributed by atoms with E-state index in [1.165, 1.54) is 24.8 Å². The molecule has 0 fully saturated rings. The van der Waals surface area contributed by atoms with Crippen molar-refractivity contribution in [2.45, 2.75) is 33.1 Å². The van der Waals surface area contributed by atoms with Crippen molar-refractivity contribution in [2.24, 2.45) is 5.92 Å². The lowest BCUT2D eigenvalue weighted by Crippen LogP contribution is -1.96. The third-order valence-electron chi connectivity index (χ3n) is 2.35. The van der Waals surface area contributed by atoms with Crippen LogP contribution in [0, 0.1) is 5.92 Å². The molecule has 0 nitrogen and oxygen atoms in total. The van der Waals surface area contributed by atoms with Crippen molar-refractivity contribution in [2.75, 3.05) is 0 Å². The van der Waals surface area contributed by atoms with Crippen molar-refractivity contribution in [1.82, 2.24) is 0 Å². The van der Waals surface area contributed by atoms with E-state index in [0.29, 0.717) is 5.92 Å². The van der Waals surface area contributed by atoms with Gasteiger partial charge in [0, 0.05) is 0 Å². The SMILES string of the molecule is C/C=C(C)/C=C/C1C=CCCC1. The van der Waals surface area contributed by atoms with Crippen molar-refractivity contribution < 1.29 is 0 Å². The molecule has 0 amide bonds.